The molecule has 0 fully saturated rings. The van der Waals surface area contributed by atoms with Crippen LogP contribution in [0.5, 0.6) is 0 Å². The zero-order chi connectivity index (χ0) is 15.1. The lowest BCUT2D eigenvalue weighted by Crippen LogP contribution is -2.13. The first-order valence-electron chi connectivity index (χ1n) is 7.26. The predicted octanol–water partition coefficient (Wildman–Crippen LogP) is 3.30. The quantitative estimate of drug-likeness (QED) is 0.594. The molecule has 4 nitrogen and oxygen atoms in total. The van der Waals surface area contributed by atoms with Gasteiger partial charge in [-0.3, -0.25) is 4.79 Å². The molecule has 0 aliphatic rings. The number of hydrogen-bond donors (Lipinski definition) is 2. The molecular weight excluding hydrogens is 274 g/mol. The van der Waals surface area contributed by atoms with Gasteiger partial charge in [-0.2, -0.15) is 0 Å². The third-order valence-electron chi connectivity index (χ3n) is 4.02. The monoisotopic (exact) mass is 289 g/mol. The van der Waals surface area contributed by atoms with Gasteiger partial charge < -0.3 is 9.97 Å². The number of rotatable bonds is 2. The highest BCUT2D eigenvalue weighted by molar-refractivity contribution is 5.84. The van der Waals surface area contributed by atoms with Gasteiger partial charge in [0.2, 0.25) is 0 Å². The number of para-hydroxylation sites is 1. The summed E-state index contributed by atoms with van der Waals surface area (Å²) in [6, 6.07) is 13.9. The zero-order valence-electron chi connectivity index (χ0n) is 12.2. The molecule has 4 aromatic rings. The summed E-state index contributed by atoms with van der Waals surface area (Å²) < 4.78 is 0. The summed E-state index contributed by atoms with van der Waals surface area (Å²) in [6.07, 6.45) is 2.58. The van der Waals surface area contributed by atoms with E-state index in [2.05, 4.69) is 21.0 Å². The van der Waals surface area contributed by atoms with Crippen LogP contribution in [0.3, 0.4) is 0 Å². The zero-order valence-corrected chi connectivity index (χ0v) is 12.2. The van der Waals surface area contributed by atoms with E-state index >= 15 is 0 Å². The number of fused-ring (bicyclic) bond motifs is 2. The van der Waals surface area contributed by atoms with Gasteiger partial charge >= 0.3 is 0 Å². The second-order valence-corrected chi connectivity index (χ2v) is 5.52. The van der Waals surface area contributed by atoms with Crippen molar-refractivity contribution in [2.75, 3.05) is 0 Å². The number of aromatic amines is 2. The smallest absolute Gasteiger partial charge is 0.259 e. The fraction of sp³-hybridized carbons (Fsp3) is 0.111. The lowest BCUT2D eigenvalue weighted by atomic mass is 10.1. The molecule has 0 atom stereocenters. The van der Waals surface area contributed by atoms with Gasteiger partial charge in [-0.1, -0.05) is 30.3 Å². The summed E-state index contributed by atoms with van der Waals surface area (Å²) in [5.74, 6) is 0.688. The number of nitrogens with one attached hydrogen (secondary N) is 2. The Morgan fingerprint density at radius 1 is 1.09 bits per heavy atom. The Labute approximate surface area is 126 Å². The molecule has 22 heavy (non-hydrogen) atoms. The molecule has 0 bridgehead atoms. The molecule has 0 radical (unpaired) electrons. The number of aryl methyl sites for hydroxylation is 1. The van der Waals surface area contributed by atoms with E-state index < -0.39 is 0 Å². The van der Waals surface area contributed by atoms with E-state index in [1.54, 1.807) is 0 Å². The van der Waals surface area contributed by atoms with Crippen LogP contribution < -0.4 is 5.56 Å². The Morgan fingerprint density at radius 3 is 2.86 bits per heavy atom. The van der Waals surface area contributed by atoms with Gasteiger partial charge in [0.15, 0.2) is 0 Å². The maximum atomic E-state index is 12.3. The fourth-order valence-electron chi connectivity index (χ4n) is 2.95. The van der Waals surface area contributed by atoms with Gasteiger partial charge in [0.1, 0.15) is 5.82 Å². The van der Waals surface area contributed by atoms with Gasteiger partial charge in [-0.05, 0) is 30.2 Å². The van der Waals surface area contributed by atoms with Gasteiger partial charge in [0.25, 0.3) is 5.56 Å². The Hall–Kier alpha value is -2.88. The summed E-state index contributed by atoms with van der Waals surface area (Å²) in [5.41, 5.74) is 3.85. The molecule has 108 valence electrons. The summed E-state index contributed by atoms with van der Waals surface area (Å²) in [5, 5.41) is 1.83. The van der Waals surface area contributed by atoms with Crippen LogP contribution in [0.2, 0.25) is 0 Å². The summed E-state index contributed by atoms with van der Waals surface area (Å²) in [7, 11) is 0. The first-order chi connectivity index (χ1) is 10.7. The van der Waals surface area contributed by atoms with E-state index in [1.807, 2.05) is 49.5 Å². The Morgan fingerprint density at radius 2 is 1.95 bits per heavy atom. The van der Waals surface area contributed by atoms with Crippen molar-refractivity contribution in [3.63, 3.8) is 0 Å². The average Bonchev–Trinajstić information content (AvgIpc) is 2.90. The lowest BCUT2D eigenvalue weighted by Gasteiger charge is -2.04. The van der Waals surface area contributed by atoms with Gasteiger partial charge in [0.05, 0.1) is 10.9 Å². The van der Waals surface area contributed by atoms with Crippen molar-refractivity contribution in [3.05, 3.63) is 76.0 Å². The Balaban J connectivity index is 1.84. The fourth-order valence-corrected chi connectivity index (χ4v) is 2.95. The minimum atomic E-state index is -0.0714. The van der Waals surface area contributed by atoms with E-state index in [-0.39, 0.29) is 5.56 Å². The summed E-state index contributed by atoms with van der Waals surface area (Å²) >= 11 is 0. The van der Waals surface area contributed by atoms with E-state index in [1.165, 1.54) is 0 Å². The van der Waals surface area contributed by atoms with Crippen LogP contribution in [0.4, 0.5) is 0 Å². The van der Waals surface area contributed by atoms with Crippen LogP contribution in [0.25, 0.3) is 21.8 Å². The molecule has 0 unspecified atom stereocenters. The molecule has 4 rings (SSSR count). The number of H-pyrrole nitrogens is 2. The SMILES string of the molecule is Cc1cccc2nc(Cc3c[nH]c4ccccc34)[nH]c(=O)c12. The van der Waals surface area contributed by atoms with Gasteiger partial charge in [0, 0.05) is 23.5 Å². The molecular formula is C18H15N3O. The minimum Gasteiger partial charge on any atom is -0.361 e. The van der Waals surface area contributed by atoms with Gasteiger partial charge in [-0.25, -0.2) is 4.98 Å². The molecule has 2 heterocycles. The average molecular weight is 289 g/mol. The van der Waals surface area contributed by atoms with Crippen LogP contribution in [-0.2, 0) is 6.42 Å². The van der Waals surface area contributed by atoms with E-state index in [0.717, 1.165) is 27.5 Å². The van der Waals surface area contributed by atoms with Crippen molar-refractivity contribution in [2.45, 2.75) is 13.3 Å². The van der Waals surface area contributed by atoms with Crippen molar-refractivity contribution in [1.29, 1.82) is 0 Å². The maximum absolute atomic E-state index is 12.3. The van der Waals surface area contributed by atoms with Crippen LogP contribution in [0.15, 0.2) is 53.5 Å². The molecule has 0 saturated carbocycles. The Kier molecular flexibility index (Phi) is 2.82. The minimum absolute atomic E-state index is 0.0714. The largest absolute Gasteiger partial charge is 0.361 e. The molecule has 0 saturated heterocycles. The van der Waals surface area contributed by atoms with Crippen LogP contribution in [-0.4, -0.2) is 15.0 Å². The third kappa shape index (κ3) is 2.00. The second kappa shape index (κ2) is 4.84. The number of nitrogens with zero attached hydrogens (tertiary/aromatic N) is 1. The topological polar surface area (TPSA) is 61.5 Å². The molecule has 0 spiro atoms. The first-order valence-corrected chi connectivity index (χ1v) is 7.26. The number of benzene rings is 2. The van der Waals surface area contributed by atoms with Crippen molar-refractivity contribution in [1.82, 2.24) is 15.0 Å². The van der Waals surface area contributed by atoms with Crippen LogP contribution in [0.1, 0.15) is 17.0 Å². The normalized spacial score (nSPS) is 11.3. The second-order valence-electron chi connectivity index (χ2n) is 5.52. The van der Waals surface area contributed by atoms with Crippen molar-refractivity contribution >= 4 is 21.8 Å². The third-order valence-corrected chi connectivity index (χ3v) is 4.02. The van der Waals surface area contributed by atoms with E-state index in [4.69, 9.17) is 0 Å². The molecule has 0 aliphatic carbocycles. The predicted molar refractivity (Wildman–Crippen MR) is 88.2 cm³/mol. The molecule has 0 amide bonds. The number of aromatic nitrogens is 3. The molecule has 2 N–H and O–H groups in total. The first kappa shape index (κ1) is 12.8. The summed E-state index contributed by atoms with van der Waals surface area (Å²) in [4.78, 5) is 23.1. The van der Waals surface area contributed by atoms with Crippen LogP contribution >= 0.6 is 0 Å². The Bertz CT molecular complexity index is 1040. The number of hydrogen-bond acceptors (Lipinski definition) is 2. The maximum Gasteiger partial charge on any atom is 0.259 e. The highest BCUT2D eigenvalue weighted by Gasteiger charge is 2.09. The van der Waals surface area contributed by atoms with Crippen molar-refractivity contribution in [2.24, 2.45) is 0 Å². The lowest BCUT2D eigenvalue weighted by molar-refractivity contribution is 0.976. The molecule has 0 aliphatic heterocycles. The standard InChI is InChI=1S/C18H15N3O/c1-11-5-4-8-15-17(11)18(22)21-16(20-15)9-12-10-19-14-7-3-2-6-13(12)14/h2-8,10,19H,9H2,1H3,(H,20,21,22). The molecule has 2 aromatic carbocycles. The highest BCUT2D eigenvalue weighted by atomic mass is 16.1. The highest BCUT2D eigenvalue weighted by Crippen LogP contribution is 2.20. The van der Waals surface area contributed by atoms with Crippen molar-refractivity contribution < 1.29 is 0 Å². The van der Waals surface area contributed by atoms with E-state index in [9.17, 15) is 4.79 Å². The van der Waals surface area contributed by atoms with Crippen molar-refractivity contribution in [3.8, 4) is 0 Å². The summed E-state index contributed by atoms with van der Waals surface area (Å²) in [6.45, 7) is 1.93. The molecule has 2 aromatic heterocycles. The van der Waals surface area contributed by atoms with Gasteiger partial charge in [-0.15, -0.1) is 0 Å². The van der Waals surface area contributed by atoms with E-state index in [0.29, 0.717) is 17.6 Å². The molecule has 4 heteroatoms. The van der Waals surface area contributed by atoms with Crippen LogP contribution in [0, 0.1) is 6.92 Å².